The molecule has 0 N–H and O–H groups in total. The van der Waals surface area contributed by atoms with Crippen molar-refractivity contribution in [1.29, 1.82) is 0 Å². The van der Waals surface area contributed by atoms with Crippen molar-refractivity contribution in [2.45, 2.75) is 25.7 Å². The molecule has 0 bridgehead atoms. The lowest BCUT2D eigenvalue weighted by atomic mass is 9.97. The van der Waals surface area contributed by atoms with Crippen LogP contribution in [0.4, 0.5) is 11.5 Å². The Balaban J connectivity index is 1.73. The van der Waals surface area contributed by atoms with Crippen molar-refractivity contribution >= 4 is 11.5 Å². The summed E-state index contributed by atoms with van der Waals surface area (Å²) < 4.78 is 5.19. The molecule has 1 fully saturated rings. The van der Waals surface area contributed by atoms with Gasteiger partial charge in [-0.2, -0.15) is 4.98 Å². The number of piperidine rings is 1. The Morgan fingerprint density at radius 1 is 1.43 bits per heavy atom. The third-order valence-electron chi connectivity index (χ3n) is 3.56. The lowest BCUT2D eigenvalue weighted by Crippen LogP contribution is -2.34. The summed E-state index contributed by atoms with van der Waals surface area (Å²) >= 11 is 0. The second kappa shape index (κ2) is 5.43. The molecule has 0 unspecified atom stereocenters. The van der Waals surface area contributed by atoms with E-state index in [1.807, 2.05) is 4.90 Å². The molecular weight excluding hydrogens is 276 g/mol. The van der Waals surface area contributed by atoms with Crippen molar-refractivity contribution in [2.24, 2.45) is 0 Å². The number of aromatic nitrogens is 4. The van der Waals surface area contributed by atoms with Gasteiger partial charge in [0.15, 0.2) is 5.82 Å². The molecule has 2 aromatic rings. The fourth-order valence-electron chi connectivity index (χ4n) is 2.51. The first-order valence-corrected chi connectivity index (χ1v) is 6.64. The zero-order chi connectivity index (χ0) is 14.8. The number of aryl methyl sites for hydroxylation is 1. The molecule has 0 aliphatic carbocycles. The van der Waals surface area contributed by atoms with Gasteiger partial charge in [-0.05, 0) is 19.8 Å². The molecule has 9 nitrogen and oxygen atoms in total. The summed E-state index contributed by atoms with van der Waals surface area (Å²) in [4.78, 5) is 24.5. The standard InChI is InChI=1S/C12H14N6O3/c1-8-15-12(21-16-8)9-2-4-17(5-3-9)11-10(18(19)20)6-13-7-14-11/h6-7,9H,2-5H2,1H3. The Morgan fingerprint density at radius 2 is 2.19 bits per heavy atom. The van der Waals surface area contributed by atoms with Crippen LogP contribution in [0.15, 0.2) is 17.0 Å². The fourth-order valence-corrected chi connectivity index (χ4v) is 2.51. The lowest BCUT2D eigenvalue weighted by molar-refractivity contribution is -0.384. The maximum Gasteiger partial charge on any atom is 0.329 e. The van der Waals surface area contributed by atoms with Gasteiger partial charge in [-0.1, -0.05) is 5.16 Å². The van der Waals surface area contributed by atoms with E-state index < -0.39 is 4.92 Å². The largest absolute Gasteiger partial charge is 0.351 e. The minimum Gasteiger partial charge on any atom is -0.351 e. The van der Waals surface area contributed by atoms with Crippen LogP contribution in [-0.2, 0) is 0 Å². The summed E-state index contributed by atoms with van der Waals surface area (Å²) in [6.45, 7) is 3.10. The van der Waals surface area contributed by atoms with E-state index in [1.165, 1.54) is 12.5 Å². The molecule has 1 saturated heterocycles. The van der Waals surface area contributed by atoms with E-state index in [0.717, 1.165) is 12.8 Å². The molecule has 3 heterocycles. The van der Waals surface area contributed by atoms with Crippen LogP contribution < -0.4 is 4.90 Å². The smallest absolute Gasteiger partial charge is 0.329 e. The zero-order valence-corrected chi connectivity index (χ0v) is 11.5. The molecule has 3 rings (SSSR count). The van der Waals surface area contributed by atoms with Crippen LogP contribution in [0.5, 0.6) is 0 Å². The van der Waals surface area contributed by atoms with Gasteiger partial charge < -0.3 is 9.42 Å². The van der Waals surface area contributed by atoms with Gasteiger partial charge in [-0.15, -0.1) is 0 Å². The van der Waals surface area contributed by atoms with E-state index >= 15 is 0 Å². The van der Waals surface area contributed by atoms with Crippen molar-refractivity contribution in [1.82, 2.24) is 20.1 Å². The van der Waals surface area contributed by atoms with E-state index in [2.05, 4.69) is 20.1 Å². The number of anilines is 1. The molecule has 0 amide bonds. The number of rotatable bonds is 3. The Bertz CT molecular complexity index is 650. The second-order valence-corrected chi connectivity index (χ2v) is 4.93. The average Bonchev–Trinajstić information content (AvgIpc) is 2.94. The first-order valence-electron chi connectivity index (χ1n) is 6.64. The van der Waals surface area contributed by atoms with Crippen LogP contribution in [0.1, 0.15) is 30.5 Å². The number of nitrogens with zero attached hydrogens (tertiary/aromatic N) is 6. The van der Waals surface area contributed by atoms with E-state index in [0.29, 0.717) is 30.6 Å². The molecule has 0 atom stereocenters. The summed E-state index contributed by atoms with van der Waals surface area (Å²) in [5.74, 6) is 1.83. The maximum atomic E-state index is 11.0. The molecular formula is C12H14N6O3. The van der Waals surface area contributed by atoms with Crippen molar-refractivity contribution in [2.75, 3.05) is 18.0 Å². The van der Waals surface area contributed by atoms with Crippen LogP contribution in [0, 0.1) is 17.0 Å². The quantitative estimate of drug-likeness (QED) is 0.617. The van der Waals surface area contributed by atoms with Gasteiger partial charge in [0.1, 0.15) is 12.5 Å². The van der Waals surface area contributed by atoms with E-state index in [9.17, 15) is 10.1 Å². The van der Waals surface area contributed by atoms with Gasteiger partial charge >= 0.3 is 5.69 Å². The van der Waals surface area contributed by atoms with Gasteiger partial charge in [0.2, 0.25) is 11.7 Å². The monoisotopic (exact) mass is 290 g/mol. The highest BCUT2D eigenvalue weighted by Gasteiger charge is 2.29. The Labute approximate surface area is 120 Å². The molecule has 9 heteroatoms. The van der Waals surface area contributed by atoms with Crippen molar-refractivity contribution < 1.29 is 9.45 Å². The molecule has 110 valence electrons. The third-order valence-corrected chi connectivity index (χ3v) is 3.56. The lowest BCUT2D eigenvalue weighted by Gasteiger charge is -2.30. The van der Waals surface area contributed by atoms with E-state index in [-0.39, 0.29) is 11.6 Å². The summed E-state index contributed by atoms with van der Waals surface area (Å²) in [7, 11) is 0. The zero-order valence-electron chi connectivity index (χ0n) is 11.5. The van der Waals surface area contributed by atoms with Gasteiger partial charge in [0.05, 0.1) is 4.92 Å². The molecule has 0 saturated carbocycles. The molecule has 0 radical (unpaired) electrons. The van der Waals surface area contributed by atoms with Crippen LogP contribution in [-0.4, -0.2) is 38.1 Å². The van der Waals surface area contributed by atoms with Gasteiger partial charge in [0, 0.05) is 19.0 Å². The Kier molecular flexibility index (Phi) is 3.46. The highest BCUT2D eigenvalue weighted by molar-refractivity contribution is 5.56. The summed E-state index contributed by atoms with van der Waals surface area (Å²) in [6.07, 6.45) is 4.15. The molecule has 0 aromatic carbocycles. The predicted octanol–water partition coefficient (Wildman–Crippen LogP) is 1.46. The Morgan fingerprint density at radius 3 is 2.81 bits per heavy atom. The molecule has 0 spiro atoms. The minimum atomic E-state index is -0.456. The van der Waals surface area contributed by atoms with Gasteiger partial charge in [-0.3, -0.25) is 10.1 Å². The van der Waals surface area contributed by atoms with Crippen molar-refractivity contribution in [3.05, 3.63) is 34.4 Å². The van der Waals surface area contributed by atoms with E-state index in [1.54, 1.807) is 6.92 Å². The first-order chi connectivity index (χ1) is 10.1. The first kappa shape index (κ1) is 13.4. The fraction of sp³-hybridized carbons (Fsp3) is 0.500. The average molecular weight is 290 g/mol. The minimum absolute atomic E-state index is 0.0652. The van der Waals surface area contributed by atoms with Crippen molar-refractivity contribution in [3.63, 3.8) is 0 Å². The molecule has 2 aromatic heterocycles. The number of nitro groups is 1. The van der Waals surface area contributed by atoms with Crippen molar-refractivity contribution in [3.8, 4) is 0 Å². The predicted molar refractivity (Wildman–Crippen MR) is 71.9 cm³/mol. The normalized spacial score (nSPS) is 16.1. The topological polar surface area (TPSA) is 111 Å². The number of hydrogen-bond donors (Lipinski definition) is 0. The highest BCUT2D eigenvalue weighted by atomic mass is 16.6. The van der Waals surface area contributed by atoms with Crippen LogP contribution >= 0.6 is 0 Å². The van der Waals surface area contributed by atoms with Crippen LogP contribution in [0.25, 0.3) is 0 Å². The summed E-state index contributed by atoms with van der Waals surface area (Å²) in [6, 6.07) is 0. The van der Waals surface area contributed by atoms with Crippen LogP contribution in [0.2, 0.25) is 0 Å². The second-order valence-electron chi connectivity index (χ2n) is 4.93. The molecule has 1 aliphatic heterocycles. The van der Waals surface area contributed by atoms with E-state index in [4.69, 9.17) is 4.52 Å². The van der Waals surface area contributed by atoms with Gasteiger partial charge in [-0.25, -0.2) is 9.97 Å². The molecule has 1 aliphatic rings. The third kappa shape index (κ3) is 2.67. The number of hydrogen-bond acceptors (Lipinski definition) is 8. The summed E-state index contributed by atoms with van der Waals surface area (Å²) in [5.41, 5.74) is -0.0652. The highest BCUT2D eigenvalue weighted by Crippen LogP contribution is 2.32. The van der Waals surface area contributed by atoms with Crippen LogP contribution in [0.3, 0.4) is 0 Å². The Hall–Kier alpha value is -2.58. The molecule has 21 heavy (non-hydrogen) atoms. The maximum absolute atomic E-state index is 11.0. The van der Waals surface area contributed by atoms with Gasteiger partial charge in [0.25, 0.3) is 0 Å². The summed E-state index contributed by atoms with van der Waals surface area (Å²) in [5, 5.41) is 14.8. The SMILES string of the molecule is Cc1noc(C2CCN(c3ncncc3[N+](=O)[O-])CC2)n1.